The molecule has 1 N–H and O–H groups in total. The van der Waals surface area contributed by atoms with Gasteiger partial charge in [0.2, 0.25) is 5.91 Å². The van der Waals surface area contributed by atoms with Crippen molar-refractivity contribution in [1.29, 1.82) is 5.26 Å². The standard InChI is InChI=1S/C12H7F2N3OS.ClH/c13-8-2-1-7(5-9(8)14)10-6-19-12(16-10)17-11(18)3-4-15;/h1-2,5-6H,3H2,(H,16,17,18);1H. The number of nitrogens with one attached hydrogen (secondary N) is 1. The summed E-state index contributed by atoms with van der Waals surface area (Å²) in [6, 6.07) is 5.16. The molecule has 8 heteroatoms. The summed E-state index contributed by atoms with van der Waals surface area (Å²) in [7, 11) is 0. The molecule has 0 saturated carbocycles. The number of amides is 1. The van der Waals surface area contributed by atoms with Crippen molar-refractivity contribution in [3.8, 4) is 17.3 Å². The number of hydrogen-bond acceptors (Lipinski definition) is 4. The second kappa shape index (κ2) is 6.93. The molecular weight excluding hydrogens is 308 g/mol. The lowest BCUT2D eigenvalue weighted by Gasteiger charge is -1.98. The maximum Gasteiger partial charge on any atom is 0.240 e. The average molecular weight is 316 g/mol. The summed E-state index contributed by atoms with van der Waals surface area (Å²) >= 11 is 1.14. The van der Waals surface area contributed by atoms with E-state index in [0.29, 0.717) is 16.4 Å². The first kappa shape index (κ1) is 16.0. The van der Waals surface area contributed by atoms with Gasteiger partial charge in [0, 0.05) is 10.9 Å². The highest BCUT2D eigenvalue weighted by Gasteiger charge is 2.09. The van der Waals surface area contributed by atoms with Crippen LogP contribution in [0, 0.1) is 23.0 Å². The highest BCUT2D eigenvalue weighted by molar-refractivity contribution is 7.14. The normalized spacial score (nSPS) is 9.45. The molecule has 1 heterocycles. The molecular formula is C12H8ClF2N3OS. The van der Waals surface area contributed by atoms with Crippen molar-refractivity contribution in [3.05, 3.63) is 35.2 Å². The van der Waals surface area contributed by atoms with E-state index >= 15 is 0 Å². The van der Waals surface area contributed by atoms with E-state index < -0.39 is 17.5 Å². The third-order valence-electron chi connectivity index (χ3n) is 2.21. The van der Waals surface area contributed by atoms with E-state index in [1.54, 1.807) is 11.4 Å². The lowest BCUT2D eigenvalue weighted by atomic mass is 10.2. The number of nitriles is 1. The second-order valence-corrected chi connectivity index (χ2v) is 4.41. The zero-order valence-electron chi connectivity index (χ0n) is 9.89. The number of thiazole rings is 1. The van der Waals surface area contributed by atoms with Crippen molar-refractivity contribution in [2.75, 3.05) is 5.32 Å². The van der Waals surface area contributed by atoms with Crippen LogP contribution in [0.5, 0.6) is 0 Å². The quantitative estimate of drug-likeness (QED) is 0.944. The van der Waals surface area contributed by atoms with Crippen molar-refractivity contribution >= 4 is 34.8 Å². The predicted molar refractivity (Wildman–Crippen MR) is 73.6 cm³/mol. The summed E-state index contributed by atoms with van der Waals surface area (Å²) in [6.45, 7) is 0. The molecule has 2 rings (SSSR count). The topological polar surface area (TPSA) is 65.8 Å². The van der Waals surface area contributed by atoms with Gasteiger partial charge in [-0.15, -0.1) is 23.7 Å². The Morgan fingerprint density at radius 3 is 2.80 bits per heavy atom. The van der Waals surface area contributed by atoms with Gasteiger partial charge in [-0.1, -0.05) is 0 Å². The van der Waals surface area contributed by atoms with Gasteiger partial charge in [-0.05, 0) is 18.2 Å². The van der Waals surface area contributed by atoms with Gasteiger partial charge in [0.15, 0.2) is 16.8 Å². The van der Waals surface area contributed by atoms with Crippen LogP contribution in [0.25, 0.3) is 11.3 Å². The van der Waals surface area contributed by atoms with Crippen LogP contribution in [0.2, 0.25) is 0 Å². The number of benzene rings is 1. The van der Waals surface area contributed by atoms with Crippen molar-refractivity contribution < 1.29 is 13.6 Å². The molecule has 0 fully saturated rings. The first-order valence-corrected chi connectivity index (χ1v) is 6.06. The second-order valence-electron chi connectivity index (χ2n) is 3.55. The van der Waals surface area contributed by atoms with E-state index in [4.69, 9.17) is 5.26 Å². The molecule has 0 aliphatic carbocycles. The third-order valence-corrected chi connectivity index (χ3v) is 2.96. The van der Waals surface area contributed by atoms with Gasteiger partial charge < -0.3 is 5.32 Å². The number of rotatable bonds is 3. The summed E-state index contributed by atoms with van der Waals surface area (Å²) in [4.78, 5) is 15.2. The van der Waals surface area contributed by atoms with Crippen LogP contribution in [-0.4, -0.2) is 10.9 Å². The molecule has 0 spiro atoms. The molecule has 0 atom stereocenters. The van der Waals surface area contributed by atoms with Crippen molar-refractivity contribution in [1.82, 2.24) is 4.98 Å². The van der Waals surface area contributed by atoms with Gasteiger partial charge in [0.25, 0.3) is 0 Å². The lowest BCUT2D eigenvalue weighted by molar-refractivity contribution is -0.115. The smallest absolute Gasteiger partial charge is 0.240 e. The van der Waals surface area contributed by atoms with E-state index in [2.05, 4.69) is 10.3 Å². The maximum absolute atomic E-state index is 13.1. The molecule has 0 bridgehead atoms. The van der Waals surface area contributed by atoms with Gasteiger partial charge in [-0.3, -0.25) is 4.79 Å². The minimum Gasteiger partial charge on any atom is -0.301 e. The SMILES string of the molecule is Cl.N#CCC(=O)Nc1nc(-c2ccc(F)c(F)c2)cs1. The van der Waals surface area contributed by atoms with Gasteiger partial charge in [-0.25, -0.2) is 13.8 Å². The summed E-state index contributed by atoms with van der Waals surface area (Å²) in [5, 5.41) is 12.7. The fourth-order valence-electron chi connectivity index (χ4n) is 1.35. The Bertz CT molecular complexity index is 669. The van der Waals surface area contributed by atoms with Gasteiger partial charge in [0.05, 0.1) is 11.8 Å². The monoisotopic (exact) mass is 315 g/mol. The Hall–Kier alpha value is -2.04. The fraction of sp³-hybridized carbons (Fsp3) is 0.0833. The number of carbonyl (C=O) groups is 1. The van der Waals surface area contributed by atoms with Crippen LogP contribution in [0.15, 0.2) is 23.6 Å². The third kappa shape index (κ3) is 3.73. The minimum atomic E-state index is -0.958. The minimum absolute atomic E-state index is 0. The number of aromatic nitrogens is 1. The Balaban J connectivity index is 0.00000200. The van der Waals surface area contributed by atoms with E-state index in [9.17, 15) is 13.6 Å². The van der Waals surface area contributed by atoms with Gasteiger partial charge >= 0.3 is 0 Å². The Morgan fingerprint density at radius 2 is 2.15 bits per heavy atom. The summed E-state index contributed by atoms with van der Waals surface area (Å²) in [5.74, 6) is -2.35. The van der Waals surface area contributed by atoms with E-state index in [0.717, 1.165) is 23.5 Å². The van der Waals surface area contributed by atoms with Crippen LogP contribution >= 0.6 is 23.7 Å². The molecule has 0 saturated heterocycles. The number of hydrogen-bond donors (Lipinski definition) is 1. The van der Waals surface area contributed by atoms with Crippen LogP contribution in [0.3, 0.4) is 0 Å². The largest absolute Gasteiger partial charge is 0.301 e. The lowest BCUT2D eigenvalue weighted by Crippen LogP contribution is -2.09. The van der Waals surface area contributed by atoms with Crippen LogP contribution in [0.1, 0.15) is 6.42 Å². The Morgan fingerprint density at radius 1 is 1.40 bits per heavy atom. The number of anilines is 1. The molecule has 0 aliphatic rings. The molecule has 0 radical (unpaired) electrons. The number of nitrogens with zero attached hydrogens (tertiary/aromatic N) is 2. The highest BCUT2D eigenvalue weighted by Crippen LogP contribution is 2.26. The summed E-state index contributed by atoms with van der Waals surface area (Å²) < 4.78 is 25.9. The molecule has 1 amide bonds. The molecule has 20 heavy (non-hydrogen) atoms. The first-order valence-electron chi connectivity index (χ1n) is 5.18. The molecule has 1 aromatic heterocycles. The average Bonchev–Trinajstić information content (AvgIpc) is 2.81. The van der Waals surface area contributed by atoms with Crippen LogP contribution in [-0.2, 0) is 4.79 Å². The van der Waals surface area contributed by atoms with Crippen LogP contribution < -0.4 is 5.32 Å². The summed E-state index contributed by atoms with van der Waals surface area (Å²) in [5.41, 5.74) is 0.840. The molecule has 104 valence electrons. The van der Waals surface area contributed by atoms with Crippen LogP contribution in [0.4, 0.5) is 13.9 Å². The summed E-state index contributed by atoms with van der Waals surface area (Å²) in [6.07, 6.45) is -0.264. The molecule has 4 nitrogen and oxygen atoms in total. The zero-order valence-corrected chi connectivity index (χ0v) is 11.5. The first-order chi connectivity index (χ1) is 9.10. The number of carbonyl (C=O) groups excluding carboxylic acids is 1. The van der Waals surface area contributed by atoms with Crippen molar-refractivity contribution in [2.24, 2.45) is 0 Å². The van der Waals surface area contributed by atoms with E-state index in [-0.39, 0.29) is 18.8 Å². The van der Waals surface area contributed by atoms with E-state index in [1.165, 1.54) is 6.07 Å². The molecule has 0 aliphatic heterocycles. The van der Waals surface area contributed by atoms with Gasteiger partial charge in [-0.2, -0.15) is 5.26 Å². The highest BCUT2D eigenvalue weighted by atomic mass is 35.5. The fourth-order valence-corrected chi connectivity index (χ4v) is 2.09. The molecule has 0 unspecified atom stereocenters. The van der Waals surface area contributed by atoms with Gasteiger partial charge in [0.1, 0.15) is 6.42 Å². The predicted octanol–water partition coefficient (Wildman–Crippen LogP) is 3.36. The Labute approximate surface area is 123 Å². The maximum atomic E-state index is 13.1. The van der Waals surface area contributed by atoms with Crippen molar-refractivity contribution in [2.45, 2.75) is 6.42 Å². The number of halogens is 3. The van der Waals surface area contributed by atoms with E-state index in [1.807, 2.05) is 0 Å². The zero-order chi connectivity index (χ0) is 13.8. The Kier molecular flexibility index (Phi) is 5.55. The van der Waals surface area contributed by atoms with Crippen molar-refractivity contribution in [3.63, 3.8) is 0 Å². The molecule has 1 aromatic carbocycles. The molecule has 2 aromatic rings.